The van der Waals surface area contributed by atoms with Gasteiger partial charge in [0.15, 0.2) is 0 Å². The minimum absolute atomic E-state index is 0. The second-order valence-corrected chi connectivity index (χ2v) is 2.69. The van der Waals surface area contributed by atoms with Crippen LogP contribution in [0.3, 0.4) is 0 Å². The van der Waals surface area contributed by atoms with Gasteiger partial charge in [-0.25, -0.2) is 0 Å². The molecule has 12 heavy (non-hydrogen) atoms. The molecule has 1 nitrogen and oxygen atoms in total. The number of hydrogen-bond donors (Lipinski definition) is 0. The van der Waals surface area contributed by atoms with Gasteiger partial charge >= 0.3 is 0 Å². The molecule has 0 aliphatic carbocycles. The van der Waals surface area contributed by atoms with Crippen molar-refractivity contribution in [3.05, 3.63) is 25.3 Å². The van der Waals surface area contributed by atoms with Crippen molar-refractivity contribution in [2.75, 3.05) is 19.6 Å². The lowest BCUT2D eigenvalue weighted by Gasteiger charge is -2.17. The fourth-order valence-electron chi connectivity index (χ4n) is 1.00. The lowest BCUT2D eigenvalue weighted by atomic mass is 10.3. The molecule has 0 heterocycles. The van der Waals surface area contributed by atoms with Gasteiger partial charge in [-0.05, 0) is 23.9 Å². The zero-order valence-corrected chi connectivity index (χ0v) is 7.55. The Balaban J connectivity index is 0. The van der Waals surface area contributed by atoms with E-state index in [1.165, 1.54) is 12.8 Å². The minimum atomic E-state index is 0. The first-order chi connectivity index (χ1) is 5.35. The van der Waals surface area contributed by atoms with Gasteiger partial charge in [-0.2, -0.15) is 0 Å². The SMILES string of the molecule is C=CCN(CC=C)CCCC.[SiH4]. The van der Waals surface area contributed by atoms with Crippen LogP contribution >= 0.6 is 0 Å². The average Bonchev–Trinajstić information content (AvgIpc) is 2.01. The smallest absolute Gasteiger partial charge is 0.0163 e. The van der Waals surface area contributed by atoms with Gasteiger partial charge in [0, 0.05) is 13.1 Å². The molecular weight excluding hydrogens is 162 g/mol. The van der Waals surface area contributed by atoms with Crippen LogP contribution in [0.15, 0.2) is 25.3 Å². The van der Waals surface area contributed by atoms with Crippen LogP contribution in [-0.2, 0) is 0 Å². The predicted octanol–water partition coefficient (Wildman–Crippen LogP) is 1.01. The quantitative estimate of drug-likeness (QED) is 0.423. The molecule has 2 heteroatoms. The second-order valence-electron chi connectivity index (χ2n) is 2.69. The van der Waals surface area contributed by atoms with E-state index in [0.29, 0.717) is 0 Å². The van der Waals surface area contributed by atoms with Crippen molar-refractivity contribution >= 4 is 11.0 Å². The van der Waals surface area contributed by atoms with Crippen LogP contribution in [-0.4, -0.2) is 35.5 Å². The summed E-state index contributed by atoms with van der Waals surface area (Å²) in [6.07, 6.45) is 6.41. The summed E-state index contributed by atoms with van der Waals surface area (Å²) in [7, 11) is 0. The molecule has 0 aliphatic heterocycles. The molecular formula is C10H23NSi. The lowest BCUT2D eigenvalue weighted by molar-refractivity contribution is 0.329. The van der Waals surface area contributed by atoms with Crippen LogP contribution < -0.4 is 0 Å². The molecule has 0 aromatic heterocycles. The van der Waals surface area contributed by atoms with Gasteiger partial charge in [0.05, 0.1) is 0 Å². The van der Waals surface area contributed by atoms with Crippen molar-refractivity contribution in [3.8, 4) is 0 Å². The van der Waals surface area contributed by atoms with E-state index in [2.05, 4.69) is 25.0 Å². The molecule has 72 valence electrons. The van der Waals surface area contributed by atoms with Gasteiger partial charge in [0.2, 0.25) is 0 Å². The number of unbranched alkanes of at least 4 members (excludes halogenated alkanes) is 1. The van der Waals surface area contributed by atoms with Gasteiger partial charge in [-0.3, -0.25) is 4.90 Å². The summed E-state index contributed by atoms with van der Waals surface area (Å²) in [5, 5.41) is 0. The first-order valence-electron chi connectivity index (χ1n) is 4.29. The fraction of sp³-hybridized carbons (Fsp3) is 0.600. The molecule has 0 radical (unpaired) electrons. The maximum Gasteiger partial charge on any atom is 0.0163 e. The summed E-state index contributed by atoms with van der Waals surface area (Å²) in [5.41, 5.74) is 0. The second kappa shape index (κ2) is 10.7. The molecule has 0 saturated carbocycles. The molecule has 0 saturated heterocycles. The van der Waals surface area contributed by atoms with E-state index in [0.717, 1.165) is 19.6 Å². The molecule has 0 aliphatic rings. The van der Waals surface area contributed by atoms with Crippen molar-refractivity contribution < 1.29 is 0 Å². The molecule has 0 amide bonds. The standard InChI is InChI=1S/C10H19N.H4Si/c1-4-7-10-11(8-5-2)9-6-3;/h5-6H,2-4,7-10H2,1H3;1H4. The fourth-order valence-corrected chi connectivity index (χ4v) is 1.00. The Bertz CT molecular complexity index is 102. The average molecular weight is 185 g/mol. The Hall–Kier alpha value is -0.343. The van der Waals surface area contributed by atoms with E-state index in [-0.39, 0.29) is 11.0 Å². The summed E-state index contributed by atoms with van der Waals surface area (Å²) in [5.74, 6) is 0. The topological polar surface area (TPSA) is 3.24 Å². The van der Waals surface area contributed by atoms with Crippen LogP contribution in [0.1, 0.15) is 19.8 Å². The third-order valence-electron chi connectivity index (χ3n) is 1.60. The Morgan fingerprint density at radius 1 is 1.17 bits per heavy atom. The highest BCUT2D eigenvalue weighted by Crippen LogP contribution is 1.94. The molecule has 0 N–H and O–H groups in total. The number of rotatable bonds is 7. The Labute approximate surface area is 81.2 Å². The van der Waals surface area contributed by atoms with E-state index in [9.17, 15) is 0 Å². The highest BCUT2D eigenvalue weighted by atomic mass is 28.1. The number of hydrogen-bond acceptors (Lipinski definition) is 1. The van der Waals surface area contributed by atoms with Crippen molar-refractivity contribution in [2.45, 2.75) is 19.8 Å². The normalized spacial score (nSPS) is 9.17. The maximum absolute atomic E-state index is 3.71. The van der Waals surface area contributed by atoms with Crippen LogP contribution in [0.25, 0.3) is 0 Å². The molecule has 0 bridgehead atoms. The number of nitrogens with zero attached hydrogens (tertiary/aromatic N) is 1. The van der Waals surface area contributed by atoms with E-state index in [1.807, 2.05) is 12.2 Å². The van der Waals surface area contributed by atoms with Crippen molar-refractivity contribution in [1.29, 1.82) is 0 Å². The summed E-state index contributed by atoms with van der Waals surface area (Å²) in [6.45, 7) is 12.8. The minimum Gasteiger partial charge on any atom is -0.296 e. The molecule has 0 fully saturated rings. The highest BCUT2D eigenvalue weighted by Gasteiger charge is 1.97. The van der Waals surface area contributed by atoms with Crippen molar-refractivity contribution in [3.63, 3.8) is 0 Å². The molecule has 0 spiro atoms. The van der Waals surface area contributed by atoms with Crippen LogP contribution in [0.4, 0.5) is 0 Å². The van der Waals surface area contributed by atoms with Crippen LogP contribution in [0.5, 0.6) is 0 Å². The van der Waals surface area contributed by atoms with Crippen molar-refractivity contribution in [1.82, 2.24) is 4.90 Å². The van der Waals surface area contributed by atoms with Gasteiger partial charge in [-0.15, -0.1) is 13.2 Å². The zero-order valence-electron chi connectivity index (χ0n) is 7.55. The first-order valence-corrected chi connectivity index (χ1v) is 4.29. The molecule has 0 rings (SSSR count). The monoisotopic (exact) mass is 185 g/mol. The third kappa shape index (κ3) is 7.76. The van der Waals surface area contributed by atoms with E-state index < -0.39 is 0 Å². The predicted molar refractivity (Wildman–Crippen MR) is 63.1 cm³/mol. The van der Waals surface area contributed by atoms with Gasteiger partial charge in [-0.1, -0.05) is 25.5 Å². The summed E-state index contributed by atoms with van der Waals surface area (Å²) in [4.78, 5) is 2.34. The summed E-state index contributed by atoms with van der Waals surface area (Å²) >= 11 is 0. The molecule has 0 atom stereocenters. The van der Waals surface area contributed by atoms with E-state index in [4.69, 9.17) is 0 Å². The Morgan fingerprint density at radius 2 is 1.67 bits per heavy atom. The Kier molecular flexibility index (Phi) is 12.6. The molecule has 0 unspecified atom stereocenters. The summed E-state index contributed by atoms with van der Waals surface area (Å²) in [6, 6.07) is 0. The highest BCUT2D eigenvalue weighted by molar-refractivity contribution is 5.75. The largest absolute Gasteiger partial charge is 0.296 e. The van der Waals surface area contributed by atoms with Gasteiger partial charge in [0.1, 0.15) is 0 Å². The molecule has 0 aromatic carbocycles. The lowest BCUT2D eigenvalue weighted by Crippen LogP contribution is -2.24. The first kappa shape index (κ1) is 14.2. The zero-order chi connectivity index (χ0) is 8.53. The van der Waals surface area contributed by atoms with E-state index in [1.54, 1.807) is 0 Å². The van der Waals surface area contributed by atoms with E-state index >= 15 is 0 Å². The summed E-state index contributed by atoms with van der Waals surface area (Å²) < 4.78 is 0. The van der Waals surface area contributed by atoms with Crippen LogP contribution in [0, 0.1) is 0 Å². The molecule has 0 aromatic rings. The van der Waals surface area contributed by atoms with Gasteiger partial charge in [0.25, 0.3) is 0 Å². The van der Waals surface area contributed by atoms with Crippen LogP contribution in [0.2, 0.25) is 0 Å². The maximum atomic E-state index is 3.71. The Morgan fingerprint density at radius 3 is 2.00 bits per heavy atom. The van der Waals surface area contributed by atoms with Gasteiger partial charge < -0.3 is 0 Å². The van der Waals surface area contributed by atoms with Crippen molar-refractivity contribution in [2.24, 2.45) is 0 Å². The third-order valence-corrected chi connectivity index (χ3v) is 1.60.